The summed E-state index contributed by atoms with van der Waals surface area (Å²) in [6, 6.07) is 5.57. The Hall–Kier alpha value is -1.44. The van der Waals surface area contributed by atoms with Gasteiger partial charge in [0.1, 0.15) is 0 Å². The van der Waals surface area contributed by atoms with Gasteiger partial charge < -0.3 is 20.3 Å². The fourth-order valence-electron chi connectivity index (χ4n) is 2.52. The van der Waals surface area contributed by atoms with E-state index in [1.807, 2.05) is 18.2 Å². The van der Waals surface area contributed by atoms with Crippen LogP contribution < -0.4 is 15.5 Å². The van der Waals surface area contributed by atoms with E-state index in [9.17, 15) is 4.79 Å². The van der Waals surface area contributed by atoms with Crippen LogP contribution in [-0.2, 0) is 9.53 Å². The van der Waals surface area contributed by atoms with Gasteiger partial charge in [0.15, 0.2) is 5.17 Å². The number of halogens is 1. The van der Waals surface area contributed by atoms with Crippen molar-refractivity contribution >= 4 is 45.8 Å². The molecule has 0 spiro atoms. The van der Waals surface area contributed by atoms with Crippen molar-refractivity contribution in [3.63, 3.8) is 0 Å². The molecule has 0 aromatic heterocycles. The topological polar surface area (TPSA) is 66.0 Å². The number of hydrogen-bond acceptors (Lipinski definition) is 6. The number of carbonyl (C=O) groups excluding carboxylic acids is 1. The van der Waals surface area contributed by atoms with Crippen LogP contribution in [0.5, 0.6) is 0 Å². The van der Waals surface area contributed by atoms with Crippen molar-refractivity contribution in [2.45, 2.75) is 0 Å². The van der Waals surface area contributed by atoms with Gasteiger partial charge in [0.2, 0.25) is 5.91 Å². The zero-order valence-electron chi connectivity index (χ0n) is 12.7. The number of thioether (sulfide) groups is 1. The predicted molar refractivity (Wildman–Crippen MR) is 95.9 cm³/mol. The molecule has 0 atom stereocenters. The third-order valence-electron chi connectivity index (χ3n) is 3.57. The summed E-state index contributed by atoms with van der Waals surface area (Å²) in [5, 5.41) is 7.57. The summed E-state index contributed by atoms with van der Waals surface area (Å²) in [6.07, 6.45) is 0. The zero-order chi connectivity index (χ0) is 16.1. The van der Waals surface area contributed by atoms with Crippen LogP contribution in [0.25, 0.3) is 0 Å². The fourth-order valence-corrected chi connectivity index (χ4v) is 3.54. The number of amidine groups is 1. The minimum atomic E-state index is -0.0665. The molecular formula is C15H19ClN4O2S. The lowest BCUT2D eigenvalue weighted by Crippen LogP contribution is -2.37. The highest BCUT2D eigenvalue weighted by molar-refractivity contribution is 8.14. The number of nitrogens with one attached hydrogen (secondary N) is 2. The lowest BCUT2D eigenvalue weighted by molar-refractivity contribution is -0.113. The smallest absolute Gasteiger partial charge is 0.234 e. The normalized spacial score (nSPS) is 17.6. The maximum atomic E-state index is 12.2. The zero-order valence-corrected chi connectivity index (χ0v) is 14.3. The van der Waals surface area contributed by atoms with Gasteiger partial charge in [-0.05, 0) is 12.1 Å². The summed E-state index contributed by atoms with van der Waals surface area (Å²) in [5.74, 6) is 0.254. The fraction of sp³-hybridized carbons (Fsp3) is 0.467. The van der Waals surface area contributed by atoms with Crippen molar-refractivity contribution < 1.29 is 9.53 Å². The van der Waals surface area contributed by atoms with E-state index in [0.29, 0.717) is 24.0 Å². The van der Waals surface area contributed by atoms with Crippen LogP contribution in [0.3, 0.4) is 0 Å². The minimum Gasteiger partial charge on any atom is -0.378 e. The second-order valence-electron chi connectivity index (χ2n) is 5.19. The number of benzene rings is 1. The van der Waals surface area contributed by atoms with Gasteiger partial charge in [-0.1, -0.05) is 29.4 Å². The summed E-state index contributed by atoms with van der Waals surface area (Å²) >= 11 is 7.78. The van der Waals surface area contributed by atoms with Crippen molar-refractivity contribution in [3.8, 4) is 0 Å². The number of carbonyl (C=O) groups is 1. The SMILES string of the molecule is O=C(CSC1=NCCN1)Nc1cccc(Cl)c1N1CCOCC1. The van der Waals surface area contributed by atoms with Gasteiger partial charge in [0, 0.05) is 19.6 Å². The van der Waals surface area contributed by atoms with E-state index >= 15 is 0 Å². The van der Waals surface area contributed by atoms with E-state index in [2.05, 4.69) is 20.5 Å². The number of ether oxygens (including phenoxy) is 1. The number of aliphatic imine (C=N–C) groups is 1. The quantitative estimate of drug-likeness (QED) is 0.863. The van der Waals surface area contributed by atoms with Crippen molar-refractivity contribution in [1.82, 2.24) is 5.32 Å². The van der Waals surface area contributed by atoms with Crippen LogP contribution >= 0.6 is 23.4 Å². The molecule has 1 fully saturated rings. The molecule has 2 N–H and O–H groups in total. The Bertz CT molecular complexity index is 605. The number of amides is 1. The number of nitrogens with zero attached hydrogens (tertiary/aromatic N) is 2. The number of anilines is 2. The summed E-state index contributed by atoms with van der Waals surface area (Å²) in [5.41, 5.74) is 1.61. The first kappa shape index (κ1) is 16.4. The number of hydrogen-bond donors (Lipinski definition) is 2. The molecular weight excluding hydrogens is 336 g/mol. The van der Waals surface area contributed by atoms with E-state index in [0.717, 1.165) is 42.7 Å². The van der Waals surface area contributed by atoms with Crippen LogP contribution in [0.1, 0.15) is 0 Å². The molecule has 0 radical (unpaired) electrons. The van der Waals surface area contributed by atoms with Crippen molar-refractivity contribution in [1.29, 1.82) is 0 Å². The van der Waals surface area contributed by atoms with Gasteiger partial charge in [-0.3, -0.25) is 9.79 Å². The largest absolute Gasteiger partial charge is 0.378 e. The Kier molecular flexibility index (Phi) is 5.64. The first-order valence-electron chi connectivity index (χ1n) is 7.56. The second-order valence-corrected chi connectivity index (χ2v) is 6.56. The summed E-state index contributed by atoms with van der Waals surface area (Å²) < 4.78 is 5.38. The Labute approximate surface area is 144 Å². The minimum absolute atomic E-state index is 0.0665. The maximum absolute atomic E-state index is 12.2. The van der Waals surface area contributed by atoms with Crippen LogP contribution in [0, 0.1) is 0 Å². The monoisotopic (exact) mass is 354 g/mol. The summed E-state index contributed by atoms with van der Waals surface area (Å²) in [6.45, 7) is 4.49. The van der Waals surface area contributed by atoms with E-state index in [1.54, 1.807) is 0 Å². The number of rotatable bonds is 4. The maximum Gasteiger partial charge on any atom is 0.234 e. The van der Waals surface area contributed by atoms with E-state index < -0.39 is 0 Å². The van der Waals surface area contributed by atoms with Crippen LogP contribution in [0.4, 0.5) is 11.4 Å². The lowest BCUT2D eigenvalue weighted by Gasteiger charge is -2.31. The third kappa shape index (κ3) is 4.31. The number of para-hydroxylation sites is 1. The Balaban J connectivity index is 1.66. The van der Waals surface area contributed by atoms with E-state index in [-0.39, 0.29) is 5.91 Å². The second kappa shape index (κ2) is 7.90. The van der Waals surface area contributed by atoms with Crippen molar-refractivity contribution in [2.75, 3.05) is 55.4 Å². The predicted octanol–water partition coefficient (Wildman–Crippen LogP) is 1.81. The van der Waals surface area contributed by atoms with E-state index in [4.69, 9.17) is 16.3 Å². The lowest BCUT2D eigenvalue weighted by atomic mass is 10.2. The first-order chi connectivity index (χ1) is 11.2. The van der Waals surface area contributed by atoms with Gasteiger partial charge in [-0.25, -0.2) is 0 Å². The van der Waals surface area contributed by atoms with Gasteiger partial charge in [-0.15, -0.1) is 0 Å². The molecule has 3 rings (SSSR count). The number of morpholine rings is 1. The highest BCUT2D eigenvalue weighted by atomic mass is 35.5. The average Bonchev–Trinajstić information content (AvgIpc) is 3.07. The molecule has 6 nitrogen and oxygen atoms in total. The Morgan fingerprint density at radius 2 is 2.26 bits per heavy atom. The van der Waals surface area contributed by atoms with Gasteiger partial charge in [0.05, 0.1) is 41.9 Å². The van der Waals surface area contributed by atoms with Crippen LogP contribution in [-0.4, -0.2) is 56.2 Å². The van der Waals surface area contributed by atoms with Crippen molar-refractivity contribution in [3.05, 3.63) is 23.2 Å². The molecule has 2 aliphatic heterocycles. The molecule has 23 heavy (non-hydrogen) atoms. The molecule has 1 saturated heterocycles. The Morgan fingerprint density at radius 1 is 1.43 bits per heavy atom. The molecule has 2 aliphatic rings. The van der Waals surface area contributed by atoms with Crippen LogP contribution in [0.15, 0.2) is 23.2 Å². The summed E-state index contributed by atoms with van der Waals surface area (Å²) in [7, 11) is 0. The molecule has 0 saturated carbocycles. The van der Waals surface area contributed by atoms with Gasteiger partial charge in [0.25, 0.3) is 0 Å². The average molecular weight is 355 g/mol. The molecule has 0 unspecified atom stereocenters. The third-order valence-corrected chi connectivity index (χ3v) is 4.83. The molecule has 1 aromatic carbocycles. The van der Waals surface area contributed by atoms with Gasteiger partial charge >= 0.3 is 0 Å². The molecule has 0 aliphatic carbocycles. The molecule has 1 amide bonds. The molecule has 2 heterocycles. The molecule has 8 heteroatoms. The molecule has 1 aromatic rings. The first-order valence-corrected chi connectivity index (χ1v) is 8.92. The highest BCUT2D eigenvalue weighted by Gasteiger charge is 2.19. The molecule has 0 bridgehead atoms. The van der Waals surface area contributed by atoms with Crippen LogP contribution in [0.2, 0.25) is 5.02 Å². The standard InChI is InChI=1S/C15H19ClN4O2S/c16-11-2-1-3-12(14(11)20-6-8-22-9-7-20)19-13(21)10-23-15-17-4-5-18-15/h1-3H,4-10H2,(H,17,18)(H,19,21). The van der Waals surface area contributed by atoms with Crippen molar-refractivity contribution in [2.24, 2.45) is 4.99 Å². The molecule has 124 valence electrons. The summed E-state index contributed by atoms with van der Waals surface area (Å²) in [4.78, 5) is 18.6. The Morgan fingerprint density at radius 3 is 3.00 bits per heavy atom. The highest BCUT2D eigenvalue weighted by Crippen LogP contribution is 2.34. The van der Waals surface area contributed by atoms with Gasteiger partial charge in [-0.2, -0.15) is 0 Å². The van der Waals surface area contributed by atoms with E-state index in [1.165, 1.54) is 11.8 Å².